The Morgan fingerprint density at radius 1 is 0.637 bits per heavy atom. The van der Waals surface area contributed by atoms with E-state index in [4.69, 9.17) is 37.9 Å². The number of aliphatic hydroxyl groups excluding tert-OH is 11. The molecule has 3 unspecified atom stereocenters. The molecule has 3 saturated heterocycles. The van der Waals surface area contributed by atoms with Crippen molar-refractivity contribution >= 4 is 17.9 Å². The highest BCUT2D eigenvalue weighted by Crippen LogP contribution is 2.76. The molecular weight excluding hydrogens is 1050 g/mol. The third-order valence-electron chi connectivity index (χ3n) is 21.4. The molecule has 0 amide bonds. The number of carbonyl (C=O) groups is 3. The Hall–Kier alpha value is -3.05. The molecule has 0 radical (unpaired) electrons. The Balaban J connectivity index is 1.14. The van der Waals surface area contributed by atoms with Crippen LogP contribution in [0.2, 0.25) is 0 Å². The van der Waals surface area contributed by atoms with Crippen LogP contribution in [0.5, 0.6) is 0 Å². The molecule has 454 valence electrons. The number of allylic oxidation sites excluding steroid dienone is 4. The number of hydrogen-bond donors (Lipinski definition) is 12. The van der Waals surface area contributed by atoms with E-state index < -0.39 is 193 Å². The molecule has 0 aromatic heterocycles. The molecule has 0 spiro atoms. The first-order chi connectivity index (χ1) is 37.5. The van der Waals surface area contributed by atoms with Gasteiger partial charge in [0.05, 0.1) is 44.1 Å². The van der Waals surface area contributed by atoms with Crippen molar-refractivity contribution < 1.29 is 114 Å². The number of fused-ring (bicyclic) bond motifs is 7. The van der Waals surface area contributed by atoms with E-state index >= 15 is 0 Å². The third kappa shape index (κ3) is 9.95. The first-order valence-electron chi connectivity index (χ1n) is 28.2. The van der Waals surface area contributed by atoms with Crippen LogP contribution in [-0.2, 0) is 52.3 Å². The maximum atomic E-state index is 13.8. The number of carboxylic acid groups (broad SMARTS) is 1. The number of aliphatic hydroxyl groups is 11. The fraction of sp³-hybridized carbons (Fsp3) is 0.842. The Labute approximate surface area is 466 Å². The summed E-state index contributed by atoms with van der Waals surface area (Å²) in [4.78, 5) is 40.3. The van der Waals surface area contributed by atoms with Gasteiger partial charge in [0.2, 0.25) is 0 Å². The first-order valence-corrected chi connectivity index (χ1v) is 28.2. The minimum atomic E-state index is -2.15. The van der Waals surface area contributed by atoms with Crippen LogP contribution in [-0.4, -0.2) is 216 Å². The van der Waals surface area contributed by atoms with Crippen LogP contribution in [0.25, 0.3) is 0 Å². The Bertz CT molecular complexity index is 2380. The van der Waals surface area contributed by atoms with Gasteiger partial charge in [0.25, 0.3) is 0 Å². The minimum absolute atomic E-state index is 0.0864. The summed E-state index contributed by atoms with van der Waals surface area (Å²) in [7, 11) is 0. The van der Waals surface area contributed by atoms with E-state index in [1.807, 2.05) is 20.8 Å². The van der Waals surface area contributed by atoms with Gasteiger partial charge in [-0.3, -0.25) is 0 Å². The van der Waals surface area contributed by atoms with Gasteiger partial charge in [-0.25, -0.2) is 14.4 Å². The Kier molecular flexibility index (Phi) is 18.2. The van der Waals surface area contributed by atoms with Crippen LogP contribution in [0, 0.1) is 50.2 Å². The molecule has 7 fully saturated rings. The van der Waals surface area contributed by atoms with Gasteiger partial charge in [0, 0.05) is 22.0 Å². The molecule has 0 aromatic rings. The zero-order chi connectivity index (χ0) is 59.1. The highest BCUT2D eigenvalue weighted by Gasteiger charge is 2.74. The Morgan fingerprint density at radius 2 is 1.19 bits per heavy atom. The molecule has 8 rings (SSSR count). The van der Waals surface area contributed by atoms with Crippen LogP contribution in [0.4, 0.5) is 0 Å². The molecule has 23 nitrogen and oxygen atoms in total. The maximum Gasteiger partial charge on any atom is 0.335 e. The molecule has 4 saturated carbocycles. The summed E-state index contributed by atoms with van der Waals surface area (Å²) in [5, 5.41) is 133. The van der Waals surface area contributed by atoms with Crippen molar-refractivity contribution in [2.45, 2.75) is 225 Å². The lowest BCUT2D eigenvalue weighted by atomic mass is 9.33. The second kappa shape index (κ2) is 23.1. The van der Waals surface area contributed by atoms with E-state index in [2.05, 4.69) is 26.8 Å². The molecule has 8 aliphatic rings. The predicted octanol–water partition coefficient (Wildman–Crippen LogP) is 0.264. The summed E-state index contributed by atoms with van der Waals surface area (Å²) in [6, 6.07) is 0. The summed E-state index contributed by atoms with van der Waals surface area (Å²) in [6.45, 7) is 16.4. The van der Waals surface area contributed by atoms with E-state index in [0.29, 0.717) is 43.3 Å². The van der Waals surface area contributed by atoms with E-state index in [1.54, 1.807) is 39.8 Å². The maximum absolute atomic E-state index is 13.8. The summed E-state index contributed by atoms with van der Waals surface area (Å²) in [5.74, 6) is -3.87. The standard InChI is InChI=1S/C57H88O23/c1-11-25(3)47(71)79-44-45(80-48(72)26(4)12-2)57(24-61)28(19-52(44,5)6)27-13-14-32-53(7)17-16-34(54(8,23-60)31(53)15-18-55(32,9)56(27,10)20-33(57)62)75-51-43(78-50-39(67)37(65)35(63)29(21-58)73-50)41(40(68)42(77-51)46(69)70)76-49-38(66)36(64)30(22-59)74-49/h11-13,28-45,49-51,58-68H,14-24H2,1-10H3,(H,69,70)/b25-11-,26-12-/t28?,29-,30+,31?,32?,33-,34+,35+,36+,37+,38-,39-,40+,41+,42+,43-,44+,45+,49+,50+,51-,53+,54-,55-,56-,57+/m1/s1. The van der Waals surface area contributed by atoms with Crippen LogP contribution >= 0.6 is 0 Å². The zero-order valence-electron chi connectivity index (χ0n) is 47.5. The number of aliphatic carboxylic acids is 1. The van der Waals surface area contributed by atoms with Crippen LogP contribution in [0.15, 0.2) is 34.9 Å². The molecule has 12 N–H and O–H groups in total. The van der Waals surface area contributed by atoms with Crippen molar-refractivity contribution in [3.8, 4) is 0 Å². The van der Waals surface area contributed by atoms with Gasteiger partial charge >= 0.3 is 17.9 Å². The molecule has 80 heavy (non-hydrogen) atoms. The quantitative estimate of drug-likeness (QED) is 0.0453. The monoisotopic (exact) mass is 1140 g/mol. The highest BCUT2D eigenvalue weighted by molar-refractivity contribution is 5.89. The summed E-state index contributed by atoms with van der Waals surface area (Å²) >= 11 is 0. The minimum Gasteiger partial charge on any atom is -0.479 e. The summed E-state index contributed by atoms with van der Waals surface area (Å²) in [5.41, 5.74) is -3.55. The van der Waals surface area contributed by atoms with Crippen molar-refractivity contribution in [2.24, 2.45) is 50.2 Å². The molecule has 0 aromatic carbocycles. The van der Waals surface area contributed by atoms with E-state index in [9.17, 15) is 75.7 Å². The smallest absolute Gasteiger partial charge is 0.335 e. The van der Waals surface area contributed by atoms with Gasteiger partial charge in [-0.2, -0.15) is 0 Å². The van der Waals surface area contributed by atoms with Gasteiger partial charge in [-0.1, -0.05) is 65.3 Å². The lowest BCUT2D eigenvalue weighted by Crippen LogP contribution is -2.72. The molecule has 26 atom stereocenters. The van der Waals surface area contributed by atoms with E-state index in [-0.39, 0.29) is 24.7 Å². The fourth-order valence-electron chi connectivity index (χ4n) is 16.2. The summed E-state index contributed by atoms with van der Waals surface area (Å²) < 4.78 is 49.0. The third-order valence-corrected chi connectivity index (χ3v) is 21.4. The van der Waals surface area contributed by atoms with Crippen molar-refractivity contribution in [2.75, 3.05) is 26.4 Å². The number of ether oxygens (including phenoxy) is 8. The van der Waals surface area contributed by atoms with Gasteiger partial charge in [-0.05, 0) is 107 Å². The largest absolute Gasteiger partial charge is 0.479 e. The average molecular weight is 1140 g/mol. The Morgan fingerprint density at radius 3 is 1.73 bits per heavy atom. The van der Waals surface area contributed by atoms with Crippen molar-refractivity contribution in [3.63, 3.8) is 0 Å². The number of esters is 2. The topological polar surface area (TPSA) is 368 Å². The van der Waals surface area contributed by atoms with Crippen molar-refractivity contribution in [1.29, 1.82) is 0 Å². The molecule has 3 heterocycles. The molecule has 0 bridgehead atoms. The van der Waals surface area contributed by atoms with Crippen molar-refractivity contribution in [1.82, 2.24) is 0 Å². The average Bonchev–Trinajstić information content (AvgIpc) is 3.85. The van der Waals surface area contributed by atoms with Gasteiger partial charge in [0.15, 0.2) is 31.1 Å². The van der Waals surface area contributed by atoms with Gasteiger partial charge in [-0.15, -0.1) is 0 Å². The van der Waals surface area contributed by atoms with Gasteiger partial charge in [0.1, 0.15) is 67.1 Å². The van der Waals surface area contributed by atoms with E-state index in [1.165, 1.54) is 0 Å². The number of hydrogen-bond acceptors (Lipinski definition) is 22. The van der Waals surface area contributed by atoms with Crippen LogP contribution < -0.4 is 0 Å². The van der Waals surface area contributed by atoms with Crippen LogP contribution in [0.1, 0.15) is 114 Å². The number of rotatable bonds is 15. The highest BCUT2D eigenvalue weighted by atomic mass is 16.8. The molecule has 5 aliphatic carbocycles. The first kappa shape index (κ1) is 63.0. The lowest BCUT2D eigenvalue weighted by Gasteiger charge is -2.72. The van der Waals surface area contributed by atoms with E-state index in [0.717, 1.165) is 5.57 Å². The normalized spacial score (nSPS) is 49.3. The van der Waals surface area contributed by atoms with Gasteiger partial charge < -0.3 is 99.2 Å². The summed E-state index contributed by atoms with van der Waals surface area (Å²) in [6.07, 6.45) is -21.9. The number of carbonyl (C=O) groups excluding carboxylic acids is 2. The zero-order valence-corrected chi connectivity index (χ0v) is 47.5. The molecule has 3 aliphatic heterocycles. The second-order valence-electron chi connectivity index (χ2n) is 25.8. The lowest BCUT2D eigenvalue weighted by molar-refractivity contribution is -0.387. The second-order valence-corrected chi connectivity index (χ2v) is 25.8. The van der Waals surface area contributed by atoms with Crippen LogP contribution in [0.3, 0.4) is 0 Å². The molecular formula is C57H88O23. The predicted molar refractivity (Wildman–Crippen MR) is 277 cm³/mol. The molecule has 23 heteroatoms. The number of carboxylic acids is 1. The fourth-order valence-corrected chi connectivity index (χ4v) is 16.2. The SMILES string of the molecule is C/C=C(/C)C(=O)O[C@H]1[C@H](OC(=O)/C(C)=C\C)[C@@]2(CO)C(CC1(C)C)C1=CCC3[C@@]4(C)CC[C@H](O[C@@H]5O[C@H](C(=O)O)[C@@H](O)[C@H](O[C@@H]6O[C@@H](CO)[C@H](O)[C@H]6O)[C@H]5O[C@@H]5O[C@H](CO)[C@H](O)[C@H](O)[C@H]5O)[C@](C)(CO)C4CC[C@@]3(C)[C@]1(C)C[C@H]2O. The van der Waals surface area contributed by atoms with Crippen molar-refractivity contribution in [3.05, 3.63) is 34.9 Å².